The molecule has 0 aliphatic heterocycles. The first kappa shape index (κ1) is 18.2. The average Bonchev–Trinajstić information content (AvgIpc) is 3.02. The molecule has 0 bridgehead atoms. The molecule has 0 radical (unpaired) electrons. The Hall–Kier alpha value is -1.57. The van der Waals surface area contributed by atoms with E-state index in [1.165, 1.54) is 30.9 Å². The molecule has 3 rings (SSSR count). The maximum absolute atomic E-state index is 10.8. The van der Waals surface area contributed by atoms with Gasteiger partial charge in [-0.05, 0) is 60.5 Å². The largest absolute Gasteiger partial charge is 0.478 e. The van der Waals surface area contributed by atoms with Crippen LogP contribution in [0.15, 0.2) is 46.6 Å². The van der Waals surface area contributed by atoms with E-state index in [-0.39, 0.29) is 10.8 Å². The van der Waals surface area contributed by atoms with Crippen LogP contribution >= 0.6 is 0 Å². The van der Waals surface area contributed by atoms with Gasteiger partial charge in [-0.1, -0.05) is 64.0 Å². The fourth-order valence-electron chi connectivity index (χ4n) is 5.36. The van der Waals surface area contributed by atoms with Gasteiger partial charge in [-0.2, -0.15) is 0 Å². The summed E-state index contributed by atoms with van der Waals surface area (Å²) in [7, 11) is 0. The fraction of sp³-hybridized carbons (Fsp3) is 0.609. The van der Waals surface area contributed by atoms with E-state index in [1.807, 2.05) is 13.0 Å². The highest BCUT2D eigenvalue weighted by atomic mass is 16.4. The van der Waals surface area contributed by atoms with Gasteiger partial charge in [0, 0.05) is 11.5 Å². The summed E-state index contributed by atoms with van der Waals surface area (Å²) in [6, 6.07) is 0. The van der Waals surface area contributed by atoms with E-state index in [1.54, 1.807) is 11.1 Å². The van der Waals surface area contributed by atoms with Gasteiger partial charge in [0.05, 0.1) is 0 Å². The Morgan fingerprint density at radius 2 is 1.80 bits per heavy atom. The number of aliphatic carboxylic acids is 1. The summed E-state index contributed by atoms with van der Waals surface area (Å²) in [5.74, 6) is -0.168. The first-order chi connectivity index (χ1) is 11.5. The molecule has 2 heteroatoms. The van der Waals surface area contributed by atoms with Crippen molar-refractivity contribution in [2.45, 2.75) is 67.2 Å². The highest BCUT2D eigenvalue weighted by molar-refractivity contribution is 5.81. The van der Waals surface area contributed by atoms with Crippen molar-refractivity contribution in [2.24, 2.45) is 22.2 Å². The van der Waals surface area contributed by atoms with Crippen LogP contribution in [0.1, 0.15) is 67.2 Å². The highest BCUT2D eigenvalue weighted by Gasteiger charge is 2.51. The Bertz CT molecular complexity index is 727. The minimum absolute atomic E-state index is 0.221. The van der Waals surface area contributed by atoms with E-state index in [4.69, 9.17) is 5.11 Å². The lowest BCUT2D eigenvalue weighted by Crippen LogP contribution is -2.35. The summed E-state index contributed by atoms with van der Waals surface area (Å²) in [6.45, 7) is 14.0. The molecular formula is C23H32O2. The molecule has 2 atom stereocenters. The maximum atomic E-state index is 10.8. The van der Waals surface area contributed by atoms with Crippen LogP contribution in [0.4, 0.5) is 0 Å². The SMILES string of the molecule is CC(=C\C(=O)O)/C=C1/C=CC2(CC3=C(C2)C(C)(C)C(C)CC3(C)C)C1. The summed E-state index contributed by atoms with van der Waals surface area (Å²) in [5.41, 5.74) is 6.27. The second-order valence-corrected chi connectivity index (χ2v) is 9.84. The van der Waals surface area contributed by atoms with Crippen molar-refractivity contribution < 1.29 is 9.90 Å². The van der Waals surface area contributed by atoms with Crippen molar-refractivity contribution in [3.63, 3.8) is 0 Å². The van der Waals surface area contributed by atoms with Crippen LogP contribution in [0.25, 0.3) is 0 Å². The van der Waals surface area contributed by atoms with E-state index in [2.05, 4.69) is 46.8 Å². The third-order valence-electron chi connectivity index (χ3n) is 7.04. The van der Waals surface area contributed by atoms with Crippen molar-refractivity contribution in [2.75, 3.05) is 0 Å². The number of allylic oxidation sites excluding steroid dienone is 7. The molecule has 2 nitrogen and oxygen atoms in total. The highest BCUT2D eigenvalue weighted by Crippen LogP contribution is 2.64. The van der Waals surface area contributed by atoms with Gasteiger partial charge in [0.1, 0.15) is 0 Å². The molecule has 0 amide bonds. The zero-order chi connectivity index (χ0) is 18.6. The van der Waals surface area contributed by atoms with Gasteiger partial charge in [0.2, 0.25) is 0 Å². The molecule has 0 aromatic heterocycles. The molecular weight excluding hydrogens is 308 g/mol. The number of carboxylic acid groups (broad SMARTS) is 1. The maximum Gasteiger partial charge on any atom is 0.328 e. The second kappa shape index (κ2) is 5.72. The molecule has 0 saturated heterocycles. The molecule has 136 valence electrons. The van der Waals surface area contributed by atoms with E-state index < -0.39 is 5.97 Å². The Labute approximate surface area is 152 Å². The number of hydrogen-bond donors (Lipinski definition) is 1. The minimum atomic E-state index is -0.874. The Balaban J connectivity index is 1.87. The van der Waals surface area contributed by atoms with Gasteiger partial charge in [-0.25, -0.2) is 4.79 Å². The molecule has 0 heterocycles. The van der Waals surface area contributed by atoms with Crippen LogP contribution in [-0.4, -0.2) is 11.1 Å². The number of carbonyl (C=O) groups is 1. The lowest BCUT2D eigenvalue weighted by molar-refractivity contribution is -0.131. The Morgan fingerprint density at radius 3 is 2.44 bits per heavy atom. The van der Waals surface area contributed by atoms with Crippen LogP contribution in [0.5, 0.6) is 0 Å². The first-order valence-corrected chi connectivity index (χ1v) is 9.49. The van der Waals surface area contributed by atoms with Gasteiger partial charge >= 0.3 is 5.97 Å². The third kappa shape index (κ3) is 3.16. The molecule has 0 saturated carbocycles. The normalized spacial score (nSPS) is 34.9. The number of hydrogen-bond acceptors (Lipinski definition) is 1. The van der Waals surface area contributed by atoms with Crippen LogP contribution in [-0.2, 0) is 4.79 Å². The van der Waals surface area contributed by atoms with Crippen LogP contribution in [0.2, 0.25) is 0 Å². The van der Waals surface area contributed by atoms with E-state index >= 15 is 0 Å². The van der Waals surface area contributed by atoms with Gasteiger partial charge < -0.3 is 5.11 Å². The summed E-state index contributed by atoms with van der Waals surface area (Å²) >= 11 is 0. The van der Waals surface area contributed by atoms with Crippen molar-refractivity contribution in [3.05, 3.63) is 46.6 Å². The molecule has 1 N–H and O–H groups in total. The Kier molecular flexibility index (Phi) is 4.17. The van der Waals surface area contributed by atoms with Gasteiger partial charge in [0.25, 0.3) is 0 Å². The minimum Gasteiger partial charge on any atom is -0.478 e. The molecule has 0 fully saturated rings. The molecule has 2 unspecified atom stereocenters. The average molecular weight is 341 g/mol. The first-order valence-electron chi connectivity index (χ1n) is 9.49. The number of carboxylic acids is 1. The second-order valence-electron chi connectivity index (χ2n) is 9.84. The molecule has 25 heavy (non-hydrogen) atoms. The van der Waals surface area contributed by atoms with E-state index in [0.717, 1.165) is 12.0 Å². The van der Waals surface area contributed by atoms with Crippen molar-refractivity contribution in [1.29, 1.82) is 0 Å². The smallest absolute Gasteiger partial charge is 0.328 e. The van der Waals surface area contributed by atoms with Crippen molar-refractivity contribution >= 4 is 5.97 Å². The third-order valence-corrected chi connectivity index (χ3v) is 7.04. The summed E-state index contributed by atoms with van der Waals surface area (Å²) in [6.07, 6.45) is 12.6. The molecule has 3 aliphatic rings. The number of rotatable bonds is 2. The van der Waals surface area contributed by atoms with Crippen LogP contribution in [0, 0.1) is 22.2 Å². The van der Waals surface area contributed by atoms with E-state index in [0.29, 0.717) is 11.3 Å². The topological polar surface area (TPSA) is 37.3 Å². The lowest BCUT2D eigenvalue weighted by Gasteiger charge is -2.46. The standard InChI is InChI=1S/C23H32O2/c1-15(10-20(24)25)9-17-7-8-23(12-17)13-18-19(14-23)22(5,6)16(2)11-21(18,3)4/h7-10,16H,11-14H2,1-6H3,(H,24,25)/b15-10+,17-9-. The van der Waals surface area contributed by atoms with Crippen molar-refractivity contribution in [3.8, 4) is 0 Å². The van der Waals surface area contributed by atoms with Crippen molar-refractivity contribution in [1.82, 2.24) is 0 Å². The summed E-state index contributed by atoms with van der Waals surface area (Å²) in [4.78, 5) is 10.8. The molecule has 3 aliphatic carbocycles. The predicted molar refractivity (Wildman–Crippen MR) is 103 cm³/mol. The van der Waals surface area contributed by atoms with Gasteiger partial charge in [-0.3, -0.25) is 0 Å². The zero-order valence-corrected chi connectivity index (χ0v) is 16.6. The summed E-state index contributed by atoms with van der Waals surface area (Å²) < 4.78 is 0. The van der Waals surface area contributed by atoms with Crippen LogP contribution < -0.4 is 0 Å². The molecule has 1 spiro atoms. The molecule has 0 aromatic carbocycles. The lowest BCUT2D eigenvalue weighted by atomic mass is 9.59. The van der Waals surface area contributed by atoms with E-state index in [9.17, 15) is 4.79 Å². The van der Waals surface area contributed by atoms with Crippen LogP contribution in [0.3, 0.4) is 0 Å². The predicted octanol–water partition coefficient (Wildman–Crippen LogP) is 6.07. The quantitative estimate of drug-likeness (QED) is 0.489. The Morgan fingerprint density at radius 1 is 1.16 bits per heavy atom. The van der Waals surface area contributed by atoms with Gasteiger partial charge in [0.15, 0.2) is 0 Å². The zero-order valence-electron chi connectivity index (χ0n) is 16.6. The summed E-state index contributed by atoms with van der Waals surface area (Å²) in [5, 5.41) is 8.91. The van der Waals surface area contributed by atoms with Gasteiger partial charge in [-0.15, -0.1) is 0 Å². The monoisotopic (exact) mass is 340 g/mol. The molecule has 0 aromatic rings. The fourth-order valence-corrected chi connectivity index (χ4v) is 5.36.